The van der Waals surface area contributed by atoms with Gasteiger partial charge in [-0.3, -0.25) is 96.5 Å². The van der Waals surface area contributed by atoms with E-state index in [0.717, 1.165) is 6.92 Å². The van der Waals surface area contributed by atoms with E-state index >= 15 is 19.2 Å². The number of phenols is 2. The number of carboxylic acid groups (broad SMARTS) is 1. The fraction of sp³-hybridized carbons (Fsp3) is 0.560. The van der Waals surface area contributed by atoms with E-state index < -0.39 is 278 Å². The number of primary amides is 1. The van der Waals surface area contributed by atoms with Crippen molar-refractivity contribution in [1.82, 2.24) is 100 Å². The Kier molecular flexibility index (Phi) is 46.9. The second kappa shape index (κ2) is 56.5. The maximum Gasteiger partial charge on any atom is 0.322 e. The van der Waals surface area contributed by atoms with Gasteiger partial charge in [-0.05, 0) is 137 Å². The molecule has 0 aliphatic carbocycles. The summed E-state index contributed by atoms with van der Waals surface area (Å²) in [5.41, 5.74) is 18.4. The topological polar surface area (TPSA) is 771 Å². The lowest BCUT2D eigenvalue weighted by atomic mass is 9.96. The maximum absolute atomic E-state index is 15.4. The highest BCUT2D eigenvalue weighted by atomic mass is 16.4. The Hall–Kier alpha value is -14.2. The molecule has 1 saturated heterocycles. The summed E-state index contributed by atoms with van der Waals surface area (Å²) in [6.07, 6.45) is -1.85. The lowest BCUT2D eigenvalue weighted by Crippen LogP contribution is -2.63. The summed E-state index contributed by atoms with van der Waals surface area (Å²) in [5, 5.41) is 112. The molecule has 48 heteroatoms. The van der Waals surface area contributed by atoms with Gasteiger partial charge in [0.2, 0.25) is 106 Å². The van der Waals surface area contributed by atoms with Crippen LogP contribution in [0.4, 0.5) is 0 Å². The number of fused-ring (bicyclic) bond motifs is 1. The number of aliphatic hydroxyl groups is 3. The van der Waals surface area contributed by atoms with Gasteiger partial charge in [-0.2, -0.15) is 0 Å². The van der Waals surface area contributed by atoms with Crippen LogP contribution in [0.5, 0.6) is 11.5 Å². The number of hydrogen-bond acceptors (Lipinski definition) is 26. The fourth-order valence-electron chi connectivity index (χ4n) is 14.8. The second-order valence-electron chi connectivity index (χ2n) is 35.2. The van der Waals surface area contributed by atoms with Gasteiger partial charge in [-0.25, -0.2) is 0 Å². The fourth-order valence-corrected chi connectivity index (χ4v) is 14.8. The predicted molar refractivity (Wildman–Crippen MR) is 503 cm³/mol. The Morgan fingerprint density at radius 3 is 1.40 bits per heavy atom. The molecule has 31 N–H and O–H groups in total. The van der Waals surface area contributed by atoms with Gasteiger partial charge in [0.25, 0.3) is 0 Å². The molecular weight excluding hydrogens is 1820 g/mol. The van der Waals surface area contributed by atoms with Crippen molar-refractivity contribution in [3.05, 3.63) is 95.7 Å². The Morgan fingerprint density at radius 2 is 0.885 bits per heavy atom. The molecule has 0 spiro atoms. The van der Waals surface area contributed by atoms with E-state index in [2.05, 4.69) is 95.4 Å². The number of nitrogens with one attached hydrogen (secondary N) is 19. The number of phenolic OH excluding ortho intramolecular Hbond substituents is 2. The number of rotatable bonds is 57. The second-order valence-corrected chi connectivity index (χ2v) is 35.2. The van der Waals surface area contributed by atoms with Crippen LogP contribution in [-0.2, 0) is 110 Å². The first-order valence-corrected chi connectivity index (χ1v) is 46.0. The van der Waals surface area contributed by atoms with E-state index in [-0.39, 0.29) is 88.3 Å². The third-order valence-electron chi connectivity index (χ3n) is 23.2. The summed E-state index contributed by atoms with van der Waals surface area (Å²) in [6, 6.07) is -7.17. The first-order chi connectivity index (χ1) is 65.5. The summed E-state index contributed by atoms with van der Waals surface area (Å²) >= 11 is 0. The van der Waals surface area contributed by atoms with Crippen LogP contribution in [0.1, 0.15) is 158 Å². The molecule has 766 valence electrons. The van der Waals surface area contributed by atoms with Gasteiger partial charge in [0.1, 0.15) is 115 Å². The number of carbonyl (C=O) groups excluding carboxylic acids is 18. The quantitative estimate of drug-likeness (QED) is 0.0111. The minimum atomic E-state index is -1.88. The maximum atomic E-state index is 15.4. The Morgan fingerprint density at radius 1 is 0.468 bits per heavy atom. The highest BCUT2D eigenvalue weighted by Gasteiger charge is 2.44. The van der Waals surface area contributed by atoms with Crippen LogP contribution in [0.2, 0.25) is 0 Å². The van der Waals surface area contributed by atoms with Gasteiger partial charge in [0.15, 0.2) is 5.96 Å². The largest absolute Gasteiger partial charge is 0.508 e. The molecular formula is C91H137N23O25. The number of nitrogens with two attached hydrogens (primary N) is 3. The molecule has 0 saturated carbocycles. The zero-order chi connectivity index (χ0) is 104. The molecule has 3 aromatic carbocycles. The molecule has 48 nitrogen and oxygen atoms in total. The number of H-pyrrole nitrogens is 1. The van der Waals surface area contributed by atoms with Crippen molar-refractivity contribution < 1.29 is 122 Å². The molecule has 19 atom stereocenters. The highest BCUT2D eigenvalue weighted by molar-refractivity contribution is 6.02. The van der Waals surface area contributed by atoms with Gasteiger partial charge in [-0.1, -0.05) is 111 Å². The zero-order valence-corrected chi connectivity index (χ0v) is 80.0. The third kappa shape index (κ3) is 37.0. The number of aromatic amines is 1. The van der Waals surface area contributed by atoms with Crippen molar-refractivity contribution in [3.8, 4) is 11.5 Å². The summed E-state index contributed by atoms with van der Waals surface area (Å²) < 4.78 is 0. The van der Waals surface area contributed by atoms with Crippen LogP contribution in [0.25, 0.3) is 10.9 Å². The highest BCUT2D eigenvalue weighted by Crippen LogP contribution is 2.25. The van der Waals surface area contributed by atoms with Gasteiger partial charge in [0.05, 0.1) is 25.9 Å². The number of likely N-dealkylation sites (tertiary alicyclic amines) is 1. The van der Waals surface area contributed by atoms with Gasteiger partial charge >= 0.3 is 5.97 Å². The molecule has 1 fully saturated rings. The van der Waals surface area contributed by atoms with Gasteiger partial charge in [0, 0.05) is 55.9 Å². The Bertz CT molecular complexity index is 4940. The molecule has 0 unspecified atom stereocenters. The number of carboxylic acids is 1. The number of aromatic hydroxyl groups is 2. The van der Waals surface area contributed by atoms with Crippen LogP contribution < -0.4 is 108 Å². The number of benzene rings is 3. The standard InChI is InChI=1S/C91H137N23O25/c1-13-46(7)72(87(136)106-62(37-53-25-29-56(119)30-26-53)81(130)108-65(42-115)83(132)104-61(36-52-23-27-55(118)28-24-52)80(129)100-48(9)75(124)98-41-70(122)123)112-79(128)59(21-17-33-96-91(94)95)102-82(131)63(38-54-40-97-58-20-16-15-19-57(54)58)105-78(127)60(31-32-68(93)120)103-85(134)67-22-18-34-114(67)90(139)64(35-44(3)4)107-76(125)50(11)101-89(138)74(51(12)117)113-84(133)66(43-116)109-86(135)71(45(5)6)110-88(137)73(47(8)14-2)111-77(126)49(10)99-69(121)39-92/h15-16,19-20,23-30,40,44-51,59-67,71-74,97,115-119H,13-14,17-18,21-22,31-39,41-43,92H2,1-12H3,(H2,93,120)(H,98,124)(H,99,121)(H,100,129)(H,101,138)(H,102,131)(H,103,134)(H,104,132)(H,105,127)(H,106,136)(H,107,125)(H,108,130)(H,109,135)(H,110,137)(H,111,126)(H,112,128)(H,113,133)(H,122,123)(H4,94,95,96)/t46-,47-,48-,49-,50-,51+,59-,60-,61-,62-,63-,64-,65-,66-,67-,71-,72-,73-,74-/m0/s1. The molecule has 5 rings (SSSR count). The lowest BCUT2D eigenvalue weighted by Gasteiger charge is -2.31. The molecule has 18 amide bonds. The van der Waals surface area contributed by atoms with Crippen LogP contribution in [0.3, 0.4) is 0 Å². The van der Waals surface area contributed by atoms with Crippen molar-refractivity contribution in [3.63, 3.8) is 0 Å². The van der Waals surface area contributed by atoms with Crippen molar-refractivity contribution in [2.75, 3.05) is 39.4 Å². The number of amides is 18. The average Bonchev–Trinajstić information content (AvgIpc) is 1.70. The number of nitrogens with zero attached hydrogens (tertiary/aromatic N) is 1. The number of aliphatic hydroxyl groups excluding tert-OH is 3. The lowest BCUT2D eigenvalue weighted by molar-refractivity contribution is -0.143. The summed E-state index contributed by atoms with van der Waals surface area (Å²) in [7, 11) is 0. The minimum absolute atomic E-state index is 0.0143. The number of hydrogen-bond donors (Lipinski definition) is 28. The van der Waals surface area contributed by atoms with Crippen molar-refractivity contribution in [2.45, 2.75) is 263 Å². The first kappa shape index (κ1) is 115. The number of para-hydroxylation sites is 1. The van der Waals surface area contributed by atoms with Crippen LogP contribution in [-0.4, -0.2) is 301 Å². The van der Waals surface area contributed by atoms with Crippen LogP contribution >= 0.6 is 0 Å². The number of aliphatic carboxylic acids is 1. The smallest absolute Gasteiger partial charge is 0.322 e. The molecule has 0 radical (unpaired) electrons. The van der Waals surface area contributed by atoms with E-state index in [1.54, 1.807) is 85.9 Å². The first-order valence-electron chi connectivity index (χ1n) is 46.0. The van der Waals surface area contributed by atoms with E-state index in [9.17, 15) is 97.5 Å². The Balaban J connectivity index is 1.39. The van der Waals surface area contributed by atoms with E-state index in [1.807, 2.05) is 0 Å². The van der Waals surface area contributed by atoms with Crippen molar-refractivity contribution >= 4 is 129 Å². The molecule has 4 aromatic rings. The number of carbonyl (C=O) groups is 19. The molecule has 2 heterocycles. The van der Waals surface area contributed by atoms with E-state index in [0.29, 0.717) is 34.0 Å². The van der Waals surface area contributed by atoms with E-state index in [4.69, 9.17) is 27.7 Å². The van der Waals surface area contributed by atoms with Crippen molar-refractivity contribution in [1.29, 1.82) is 5.41 Å². The predicted octanol–water partition coefficient (Wildman–Crippen LogP) is -6.22. The number of guanidine groups is 1. The SMILES string of the molecule is CC[C@H](C)[C@H](NC(=O)[C@H](C)NC(=O)CN)C(=O)N[C@H](C(=O)N[C@@H](CO)C(=O)N[C@H](C(=O)N[C@@H](C)C(=O)N[C@@H](CC(C)C)C(=O)N1CCC[C@H]1C(=O)N[C@@H](CCC(N)=O)C(=O)N[C@@H](Cc1c[nH]c2ccccc12)C(=O)N[C@@H](CCCNC(=N)N)C(=O)N[C@H](C(=O)N[C@@H](Cc1ccc(O)cc1)C(=O)N[C@@H](CO)C(=O)N[C@@H](Cc1ccc(O)cc1)C(=O)N[C@@H](C)C(=O)NCC(=O)O)[C@@H](C)CC)[C@@H](C)O)C(C)C. The molecule has 1 aliphatic heterocycles. The van der Waals surface area contributed by atoms with Crippen LogP contribution in [0.15, 0.2) is 79.0 Å². The normalized spacial score (nSPS) is 16.2. The molecule has 0 bridgehead atoms. The van der Waals surface area contributed by atoms with Gasteiger partial charge in [-0.15, -0.1) is 0 Å². The summed E-state index contributed by atoms with van der Waals surface area (Å²) in [5.74, 6) is -21.9. The summed E-state index contributed by atoms with van der Waals surface area (Å²) in [6.45, 7) is 14.6. The zero-order valence-electron chi connectivity index (χ0n) is 80.0. The molecule has 1 aromatic heterocycles. The molecule has 139 heavy (non-hydrogen) atoms. The monoisotopic (exact) mass is 1950 g/mol. The van der Waals surface area contributed by atoms with E-state index in [1.165, 1.54) is 74.2 Å². The third-order valence-corrected chi connectivity index (χ3v) is 23.2. The van der Waals surface area contributed by atoms with Crippen LogP contribution in [0, 0.1) is 29.1 Å². The van der Waals surface area contributed by atoms with Gasteiger partial charge < -0.3 is 148 Å². The number of aromatic nitrogens is 1. The molecule has 1 aliphatic rings. The minimum Gasteiger partial charge on any atom is -0.508 e. The van der Waals surface area contributed by atoms with Crippen molar-refractivity contribution in [2.24, 2.45) is 40.9 Å². The summed E-state index contributed by atoms with van der Waals surface area (Å²) in [4.78, 5) is 269. The average molecular weight is 1950 g/mol. The Labute approximate surface area is 803 Å².